The maximum atomic E-state index is 12.2. The molecule has 1 heterocycles. The van der Waals surface area contributed by atoms with E-state index in [2.05, 4.69) is 5.32 Å². The average Bonchev–Trinajstić information content (AvgIpc) is 2.88. The SMILES string of the molecule is COC1CC(CCC(CC(OC(C)=O)C2CCCCCC(CCO)C2)OC(C)=O)C(C2CCNC(N)C2)CC1O. The smallest absolute Gasteiger partial charge is 0.302 e. The van der Waals surface area contributed by atoms with Crippen LogP contribution in [-0.2, 0) is 23.8 Å². The van der Waals surface area contributed by atoms with E-state index in [0.717, 1.165) is 70.8 Å². The third-order valence-corrected chi connectivity index (χ3v) is 9.86. The molecule has 0 aromatic carbocycles. The fraction of sp³-hybridized carbons (Fsp3) is 0.935. The lowest BCUT2D eigenvalue weighted by atomic mass is 9.66. The standard InChI is InChI=1S/C31H56N2O7/c1-20(35)39-26(18-29(40-21(2)36)25-8-6-4-5-7-22(15-25)12-14-34)10-9-23-16-30(38-3)28(37)19-27(23)24-11-13-33-31(32)17-24/h22-31,33-34,37H,4-19,32H2,1-3H3. The predicted octanol–water partition coefficient (Wildman–Crippen LogP) is 3.68. The number of hydrogen-bond donors (Lipinski definition) is 4. The van der Waals surface area contributed by atoms with E-state index in [1.165, 1.54) is 20.3 Å². The fourth-order valence-electron chi connectivity index (χ4n) is 7.92. The van der Waals surface area contributed by atoms with E-state index in [9.17, 15) is 19.8 Å². The Kier molecular flexibility index (Phi) is 14.1. The van der Waals surface area contributed by atoms with Crippen LogP contribution in [0.15, 0.2) is 0 Å². The Hall–Kier alpha value is -1.26. The maximum Gasteiger partial charge on any atom is 0.302 e. The van der Waals surface area contributed by atoms with E-state index < -0.39 is 6.10 Å². The second kappa shape index (κ2) is 17.0. The summed E-state index contributed by atoms with van der Waals surface area (Å²) < 4.78 is 17.4. The molecule has 10 atom stereocenters. The number of esters is 2. The topological polar surface area (TPSA) is 140 Å². The molecule has 232 valence electrons. The second-order valence-corrected chi connectivity index (χ2v) is 12.8. The first-order valence-corrected chi connectivity index (χ1v) is 15.8. The van der Waals surface area contributed by atoms with Crippen molar-refractivity contribution in [1.82, 2.24) is 5.32 Å². The predicted molar refractivity (Wildman–Crippen MR) is 153 cm³/mol. The summed E-state index contributed by atoms with van der Waals surface area (Å²) in [6.45, 7) is 3.96. The Balaban J connectivity index is 1.73. The number of piperidine rings is 1. The van der Waals surface area contributed by atoms with E-state index in [0.29, 0.717) is 42.9 Å². The second-order valence-electron chi connectivity index (χ2n) is 12.8. The number of carbonyl (C=O) groups excluding carboxylic acids is 2. The van der Waals surface area contributed by atoms with Crippen LogP contribution in [0.2, 0.25) is 0 Å². The Morgan fingerprint density at radius 3 is 2.40 bits per heavy atom. The highest BCUT2D eigenvalue weighted by Gasteiger charge is 2.41. The molecular formula is C31H56N2O7. The fourth-order valence-corrected chi connectivity index (χ4v) is 7.92. The molecule has 9 heteroatoms. The number of ether oxygens (including phenoxy) is 3. The summed E-state index contributed by atoms with van der Waals surface area (Å²) in [7, 11) is 1.66. The number of nitrogens with two attached hydrogens (primary N) is 1. The molecule has 0 amide bonds. The summed E-state index contributed by atoms with van der Waals surface area (Å²) in [5.74, 6) is 1.07. The molecule has 9 nitrogen and oxygen atoms in total. The number of nitrogens with one attached hydrogen (secondary N) is 1. The molecule has 0 aromatic rings. The molecule has 2 aliphatic carbocycles. The van der Waals surface area contributed by atoms with Gasteiger partial charge in [-0.25, -0.2) is 0 Å². The molecule has 0 radical (unpaired) electrons. The van der Waals surface area contributed by atoms with Gasteiger partial charge < -0.3 is 35.5 Å². The van der Waals surface area contributed by atoms with Gasteiger partial charge in [0.15, 0.2) is 0 Å². The minimum Gasteiger partial charge on any atom is -0.462 e. The zero-order valence-corrected chi connectivity index (χ0v) is 25.1. The summed E-state index contributed by atoms with van der Waals surface area (Å²) in [6, 6.07) is 0. The first-order chi connectivity index (χ1) is 19.2. The van der Waals surface area contributed by atoms with Crippen LogP contribution in [0.3, 0.4) is 0 Å². The van der Waals surface area contributed by atoms with Gasteiger partial charge in [0.1, 0.15) is 12.2 Å². The van der Waals surface area contributed by atoms with Crippen molar-refractivity contribution < 1.29 is 34.0 Å². The lowest BCUT2D eigenvalue weighted by molar-refractivity contribution is -0.156. The molecule has 1 saturated heterocycles. The van der Waals surface area contributed by atoms with Crippen LogP contribution in [0.1, 0.15) is 104 Å². The van der Waals surface area contributed by atoms with Crippen molar-refractivity contribution in [2.24, 2.45) is 35.3 Å². The molecular weight excluding hydrogens is 512 g/mol. The van der Waals surface area contributed by atoms with Crippen LogP contribution in [0.5, 0.6) is 0 Å². The Morgan fingerprint density at radius 1 is 0.975 bits per heavy atom. The van der Waals surface area contributed by atoms with E-state index >= 15 is 0 Å². The van der Waals surface area contributed by atoms with Crippen molar-refractivity contribution in [3.8, 4) is 0 Å². The molecule has 10 unspecified atom stereocenters. The third kappa shape index (κ3) is 10.5. The Labute approximate surface area is 241 Å². The van der Waals surface area contributed by atoms with Gasteiger partial charge in [-0.1, -0.05) is 25.7 Å². The van der Waals surface area contributed by atoms with E-state index in [1.54, 1.807) is 7.11 Å². The first kappa shape index (κ1) is 33.2. The molecule has 1 aliphatic heterocycles. The van der Waals surface area contributed by atoms with Gasteiger partial charge in [0, 0.05) is 34.0 Å². The molecule has 0 bridgehead atoms. The van der Waals surface area contributed by atoms with Crippen molar-refractivity contribution in [2.45, 2.75) is 134 Å². The third-order valence-electron chi connectivity index (χ3n) is 9.86. The Bertz CT molecular complexity index is 768. The lowest BCUT2D eigenvalue weighted by Gasteiger charge is -2.45. The van der Waals surface area contributed by atoms with Gasteiger partial charge in [-0.15, -0.1) is 0 Å². The van der Waals surface area contributed by atoms with Gasteiger partial charge in [-0.2, -0.15) is 0 Å². The molecule has 5 N–H and O–H groups in total. The molecule has 40 heavy (non-hydrogen) atoms. The van der Waals surface area contributed by atoms with Gasteiger partial charge in [-0.05, 0) is 93.9 Å². The maximum absolute atomic E-state index is 12.2. The highest BCUT2D eigenvalue weighted by molar-refractivity contribution is 5.66. The molecule has 3 aliphatic rings. The van der Waals surface area contributed by atoms with Crippen LogP contribution in [-0.4, -0.2) is 73.0 Å². The number of rotatable bonds is 12. The van der Waals surface area contributed by atoms with Crippen molar-refractivity contribution in [2.75, 3.05) is 20.3 Å². The largest absolute Gasteiger partial charge is 0.462 e. The number of methoxy groups -OCH3 is 1. The van der Waals surface area contributed by atoms with Crippen molar-refractivity contribution >= 4 is 11.9 Å². The molecule has 2 saturated carbocycles. The summed E-state index contributed by atoms with van der Waals surface area (Å²) >= 11 is 0. The van der Waals surface area contributed by atoms with Crippen molar-refractivity contribution in [3.05, 3.63) is 0 Å². The highest BCUT2D eigenvalue weighted by Crippen LogP contribution is 2.43. The van der Waals surface area contributed by atoms with E-state index in [1.807, 2.05) is 0 Å². The van der Waals surface area contributed by atoms with Gasteiger partial charge >= 0.3 is 11.9 Å². The lowest BCUT2D eigenvalue weighted by Crippen LogP contribution is -2.49. The van der Waals surface area contributed by atoms with Gasteiger partial charge in [0.2, 0.25) is 0 Å². The van der Waals surface area contributed by atoms with E-state index in [-0.39, 0.29) is 48.9 Å². The Morgan fingerprint density at radius 2 is 1.73 bits per heavy atom. The van der Waals surface area contributed by atoms with Crippen LogP contribution < -0.4 is 11.1 Å². The number of aliphatic hydroxyl groups excluding tert-OH is 2. The minimum atomic E-state index is -0.485. The van der Waals surface area contributed by atoms with E-state index in [4.69, 9.17) is 19.9 Å². The van der Waals surface area contributed by atoms with Gasteiger partial charge in [-0.3, -0.25) is 9.59 Å². The molecule has 3 rings (SSSR count). The van der Waals surface area contributed by atoms with Crippen LogP contribution in [0.25, 0.3) is 0 Å². The normalized spacial score (nSPS) is 35.1. The molecule has 0 aromatic heterocycles. The minimum absolute atomic E-state index is 0.0200. The summed E-state index contributed by atoms with van der Waals surface area (Å²) in [5, 5.41) is 23.7. The summed E-state index contributed by atoms with van der Waals surface area (Å²) in [5.41, 5.74) is 6.25. The highest BCUT2D eigenvalue weighted by atomic mass is 16.6. The quantitative estimate of drug-likeness (QED) is 0.260. The average molecular weight is 569 g/mol. The van der Waals surface area contributed by atoms with Gasteiger partial charge in [0.05, 0.1) is 18.4 Å². The monoisotopic (exact) mass is 568 g/mol. The molecule has 3 fully saturated rings. The van der Waals surface area contributed by atoms with Crippen LogP contribution in [0.4, 0.5) is 0 Å². The van der Waals surface area contributed by atoms with Gasteiger partial charge in [0.25, 0.3) is 0 Å². The van der Waals surface area contributed by atoms with Crippen LogP contribution >= 0.6 is 0 Å². The molecule has 0 spiro atoms. The van der Waals surface area contributed by atoms with Crippen molar-refractivity contribution in [3.63, 3.8) is 0 Å². The first-order valence-electron chi connectivity index (χ1n) is 15.8. The van der Waals surface area contributed by atoms with Crippen molar-refractivity contribution in [1.29, 1.82) is 0 Å². The number of hydrogen-bond acceptors (Lipinski definition) is 9. The van der Waals surface area contributed by atoms with Crippen LogP contribution in [0, 0.1) is 29.6 Å². The number of aliphatic hydroxyl groups is 2. The summed E-state index contributed by atoms with van der Waals surface area (Å²) in [4.78, 5) is 24.4. The zero-order chi connectivity index (χ0) is 29.1. The zero-order valence-electron chi connectivity index (χ0n) is 25.1. The number of carbonyl (C=O) groups is 2. The summed E-state index contributed by atoms with van der Waals surface area (Å²) in [6.07, 6.45) is 11.2.